The SMILES string of the molecule is CCCCCCCCCCCCCCCCNc1ccc(C(=O)OC(=O)C(O)(CC)C(O)C(=O)OCC)c(F)c1. The first kappa shape index (κ1) is 35.5. The van der Waals surface area contributed by atoms with Crippen molar-refractivity contribution >= 4 is 23.6 Å². The fourth-order valence-electron chi connectivity index (χ4n) is 4.44. The largest absolute Gasteiger partial charge is 0.464 e. The summed E-state index contributed by atoms with van der Waals surface area (Å²) in [5.74, 6) is -5.06. The van der Waals surface area contributed by atoms with Crippen LogP contribution in [0.25, 0.3) is 0 Å². The van der Waals surface area contributed by atoms with Gasteiger partial charge in [0, 0.05) is 12.2 Å². The number of unbranched alkanes of at least 4 members (excludes halogenated alkanes) is 13. The lowest BCUT2D eigenvalue weighted by Crippen LogP contribution is -2.54. The topological polar surface area (TPSA) is 122 Å². The highest BCUT2D eigenvalue weighted by Gasteiger charge is 2.49. The van der Waals surface area contributed by atoms with Crippen molar-refractivity contribution in [2.45, 2.75) is 129 Å². The van der Waals surface area contributed by atoms with Gasteiger partial charge in [-0.05, 0) is 38.0 Å². The molecule has 3 N–H and O–H groups in total. The van der Waals surface area contributed by atoms with E-state index in [-0.39, 0.29) is 6.61 Å². The molecule has 0 spiro atoms. The molecule has 2 atom stereocenters. The molecule has 40 heavy (non-hydrogen) atoms. The second kappa shape index (κ2) is 20.4. The van der Waals surface area contributed by atoms with Crippen LogP contribution in [0.15, 0.2) is 18.2 Å². The van der Waals surface area contributed by atoms with E-state index in [1.165, 1.54) is 103 Å². The van der Waals surface area contributed by atoms with E-state index >= 15 is 0 Å². The van der Waals surface area contributed by atoms with Crippen LogP contribution in [-0.2, 0) is 19.1 Å². The number of benzene rings is 1. The minimum Gasteiger partial charge on any atom is -0.464 e. The van der Waals surface area contributed by atoms with Crippen molar-refractivity contribution in [1.29, 1.82) is 0 Å². The lowest BCUT2D eigenvalue weighted by molar-refractivity contribution is -0.186. The molecule has 0 amide bonds. The number of rotatable bonds is 22. The second-order valence-corrected chi connectivity index (χ2v) is 10.3. The van der Waals surface area contributed by atoms with Crippen LogP contribution in [0.1, 0.15) is 127 Å². The molecule has 0 fully saturated rings. The number of nitrogens with one attached hydrogen (secondary N) is 1. The molecular formula is C31H50FNO7. The number of aliphatic hydroxyl groups is 2. The van der Waals surface area contributed by atoms with E-state index in [1.807, 2.05) is 0 Å². The van der Waals surface area contributed by atoms with Crippen molar-refractivity contribution in [1.82, 2.24) is 0 Å². The Labute approximate surface area is 239 Å². The first-order valence-electron chi connectivity index (χ1n) is 15.1. The summed E-state index contributed by atoms with van der Waals surface area (Å²) in [5, 5.41) is 23.6. The number of halogens is 1. The van der Waals surface area contributed by atoms with Crippen molar-refractivity contribution < 1.29 is 38.5 Å². The van der Waals surface area contributed by atoms with Crippen LogP contribution in [0.5, 0.6) is 0 Å². The Balaban J connectivity index is 2.33. The maximum Gasteiger partial charge on any atom is 0.349 e. The third kappa shape index (κ3) is 12.8. The Hall–Kier alpha value is -2.52. The molecule has 1 rings (SSSR count). The van der Waals surface area contributed by atoms with Gasteiger partial charge >= 0.3 is 17.9 Å². The Morgan fingerprint density at radius 3 is 1.88 bits per heavy atom. The first-order valence-corrected chi connectivity index (χ1v) is 15.1. The van der Waals surface area contributed by atoms with E-state index in [4.69, 9.17) is 0 Å². The van der Waals surface area contributed by atoms with Gasteiger partial charge in [-0.2, -0.15) is 0 Å². The zero-order valence-electron chi connectivity index (χ0n) is 24.6. The van der Waals surface area contributed by atoms with Gasteiger partial charge in [0.1, 0.15) is 5.82 Å². The molecule has 0 aliphatic carbocycles. The van der Waals surface area contributed by atoms with Crippen LogP contribution < -0.4 is 5.32 Å². The maximum atomic E-state index is 14.6. The maximum absolute atomic E-state index is 14.6. The van der Waals surface area contributed by atoms with E-state index in [2.05, 4.69) is 21.7 Å². The van der Waals surface area contributed by atoms with Gasteiger partial charge in [0.2, 0.25) is 0 Å². The van der Waals surface area contributed by atoms with Crippen molar-refractivity contribution in [3.8, 4) is 0 Å². The van der Waals surface area contributed by atoms with Crippen molar-refractivity contribution in [3.05, 3.63) is 29.6 Å². The van der Waals surface area contributed by atoms with Gasteiger partial charge in [0.15, 0.2) is 11.7 Å². The van der Waals surface area contributed by atoms with Crippen LogP contribution in [0.2, 0.25) is 0 Å². The number of carbonyl (C=O) groups is 3. The molecule has 0 heterocycles. The molecule has 2 unspecified atom stereocenters. The molecule has 0 saturated carbocycles. The molecule has 0 aliphatic heterocycles. The summed E-state index contributed by atoms with van der Waals surface area (Å²) in [6, 6.07) is 3.79. The second-order valence-electron chi connectivity index (χ2n) is 10.3. The smallest absolute Gasteiger partial charge is 0.349 e. The van der Waals surface area contributed by atoms with Gasteiger partial charge in [-0.25, -0.2) is 18.8 Å². The zero-order chi connectivity index (χ0) is 29.8. The number of anilines is 1. The highest BCUT2D eigenvalue weighted by Crippen LogP contribution is 2.22. The Kier molecular flexibility index (Phi) is 18.1. The molecule has 0 aromatic heterocycles. The zero-order valence-corrected chi connectivity index (χ0v) is 24.6. The summed E-state index contributed by atoms with van der Waals surface area (Å²) in [6.45, 7) is 5.62. The summed E-state index contributed by atoms with van der Waals surface area (Å²) in [5.41, 5.74) is -2.75. The van der Waals surface area contributed by atoms with Crippen LogP contribution in [-0.4, -0.2) is 53.0 Å². The van der Waals surface area contributed by atoms with Crippen LogP contribution in [0.3, 0.4) is 0 Å². The van der Waals surface area contributed by atoms with Gasteiger partial charge in [0.25, 0.3) is 0 Å². The Morgan fingerprint density at radius 1 is 0.875 bits per heavy atom. The van der Waals surface area contributed by atoms with Crippen LogP contribution >= 0.6 is 0 Å². The van der Waals surface area contributed by atoms with E-state index in [1.54, 1.807) is 0 Å². The van der Waals surface area contributed by atoms with Crippen molar-refractivity contribution in [3.63, 3.8) is 0 Å². The number of esters is 3. The predicted octanol–water partition coefficient (Wildman–Crippen LogP) is 6.47. The molecule has 228 valence electrons. The molecule has 0 bridgehead atoms. The highest BCUT2D eigenvalue weighted by atomic mass is 19.1. The molecule has 0 saturated heterocycles. The number of ether oxygens (including phenoxy) is 2. The van der Waals surface area contributed by atoms with Crippen molar-refractivity contribution in [2.75, 3.05) is 18.5 Å². The van der Waals surface area contributed by atoms with E-state index in [0.717, 1.165) is 18.9 Å². The fraction of sp³-hybridized carbons (Fsp3) is 0.710. The fourth-order valence-corrected chi connectivity index (χ4v) is 4.44. The van der Waals surface area contributed by atoms with Crippen LogP contribution in [0, 0.1) is 5.82 Å². The average molecular weight is 568 g/mol. The molecule has 9 heteroatoms. The van der Waals surface area contributed by atoms with Gasteiger partial charge in [0.05, 0.1) is 12.2 Å². The first-order chi connectivity index (χ1) is 19.2. The van der Waals surface area contributed by atoms with Crippen LogP contribution in [0.4, 0.5) is 10.1 Å². The summed E-state index contributed by atoms with van der Waals surface area (Å²) >= 11 is 0. The standard InChI is InChI=1S/C31H50FNO7/c1-4-7-8-9-10-11-12-13-14-15-16-17-18-19-22-33-24-20-21-25(26(32)23-24)28(35)40-30(37)31(38,5-2)27(34)29(36)39-6-3/h20-21,23,27,33-34,38H,4-19,22H2,1-3H3. The number of hydrogen-bond donors (Lipinski definition) is 3. The predicted molar refractivity (Wildman–Crippen MR) is 154 cm³/mol. The lowest BCUT2D eigenvalue weighted by atomic mass is 9.93. The molecular weight excluding hydrogens is 517 g/mol. The summed E-state index contributed by atoms with van der Waals surface area (Å²) in [4.78, 5) is 36.5. The molecule has 8 nitrogen and oxygen atoms in total. The van der Waals surface area contributed by atoms with Gasteiger partial charge in [-0.15, -0.1) is 0 Å². The summed E-state index contributed by atoms with van der Waals surface area (Å²) < 4.78 is 23.8. The molecule has 1 aromatic rings. The van der Waals surface area contributed by atoms with E-state index in [9.17, 15) is 29.0 Å². The Bertz CT molecular complexity index is 894. The van der Waals surface area contributed by atoms with E-state index in [0.29, 0.717) is 12.2 Å². The highest BCUT2D eigenvalue weighted by molar-refractivity contribution is 6.01. The number of aliphatic hydroxyl groups excluding tert-OH is 1. The normalized spacial score (nSPS) is 13.3. The lowest BCUT2D eigenvalue weighted by Gasteiger charge is -2.27. The quantitative estimate of drug-likeness (QED) is 0.0828. The third-order valence-corrected chi connectivity index (χ3v) is 7.09. The van der Waals surface area contributed by atoms with Gasteiger partial charge in [-0.3, -0.25) is 0 Å². The van der Waals surface area contributed by atoms with Crippen molar-refractivity contribution in [2.24, 2.45) is 0 Å². The summed E-state index contributed by atoms with van der Waals surface area (Å²) in [7, 11) is 0. The molecule has 0 radical (unpaired) electrons. The average Bonchev–Trinajstić information content (AvgIpc) is 2.94. The third-order valence-electron chi connectivity index (χ3n) is 7.09. The monoisotopic (exact) mass is 567 g/mol. The van der Waals surface area contributed by atoms with Gasteiger partial charge in [-0.1, -0.05) is 97.3 Å². The van der Waals surface area contributed by atoms with Gasteiger partial charge < -0.3 is 25.0 Å². The Morgan fingerprint density at radius 2 is 1.40 bits per heavy atom. The molecule has 1 aromatic carbocycles. The molecule has 0 aliphatic rings. The van der Waals surface area contributed by atoms with E-state index < -0.39 is 47.4 Å². The summed E-state index contributed by atoms with van der Waals surface area (Å²) in [6.07, 6.45) is 15.1. The minimum absolute atomic E-state index is 0.0886. The number of carbonyl (C=O) groups excluding carboxylic acids is 3. The minimum atomic E-state index is -2.71. The number of hydrogen-bond acceptors (Lipinski definition) is 8.